The SMILES string of the molecule is OCC#Cc1ccccc1CCl. The highest BCUT2D eigenvalue weighted by molar-refractivity contribution is 6.17. The summed E-state index contributed by atoms with van der Waals surface area (Å²) in [7, 11) is 0. The largest absolute Gasteiger partial charge is 0.384 e. The smallest absolute Gasteiger partial charge is 0.104 e. The summed E-state index contributed by atoms with van der Waals surface area (Å²) in [5, 5.41) is 8.48. The third kappa shape index (κ3) is 2.27. The molecule has 1 aromatic carbocycles. The van der Waals surface area contributed by atoms with E-state index in [-0.39, 0.29) is 6.61 Å². The zero-order valence-corrected chi connectivity index (χ0v) is 7.30. The summed E-state index contributed by atoms with van der Waals surface area (Å²) in [6, 6.07) is 7.63. The number of rotatable bonds is 1. The molecule has 1 rings (SSSR count). The minimum atomic E-state index is -0.114. The molecule has 62 valence electrons. The molecule has 0 bridgehead atoms. The van der Waals surface area contributed by atoms with Crippen LogP contribution in [0.5, 0.6) is 0 Å². The van der Waals surface area contributed by atoms with Crippen molar-refractivity contribution in [2.75, 3.05) is 6.61 Å². The Labute approximate surface area is 77.0 Å². The zero-order valence-electron chi connectivity index (χ0n) is 6.55. The molecule has 2 heteroatoms. The van der Waals surface area contributed by atoms with Crippen molar-refractivity contribution in [3.8, 4) is 11.8 Å². The van der Waals surface area contributed by atoms with Gasteiger partial charge in [-0.3, -0.25) is 0 Å². The fraction of sp³-hybridized carbons (Fsp3) is 0.200. The van der Waals surface area contributed by atoms with E-state index in [0.717, 1.165) is 11.1 Å². The summed E-state index contributed by atoms with van der Waals surface area (Å²) in [5.74, 6) is 5.87. The maximum absolute atomic E-state index is 8.48. The first-order chi connectivity index (χ1) is 5.88. The third-order valence-corrected chi connectivity index (χ3v) is 1.75. The Morgan fingerprint density at radius 1 is 1.33 bits per heavy atom. The second-order valence-electron chi connectivity index (χ2n) is 2.25. The van der Waals surface area contributed by atoms with Crippen LogP contribution in [-0.4, -0.2) is 11.7 Å². The molecule has 0 fully saturated rings. The minimum absolute atomic E-state index is 0.114. The Balaban J connectivity index is 2.97. The van der Waals surface area contributed by atoms with E-state index in [2.05, 4.69) is 11.8 Å². The number of aliphatic hydroxyl groups excluding tert-OH is 1. The fourth-order valence-corrected chi connectivity index (χ4v) is 1.13. The van der Waals surface area contributed by atoms with Gasteiger partial charge in [0.2, 0.25) is 0 Å². The molecule has 0 aliphatic carbocycles. The van der Waals surface area contributed by atoms with Gasteiger partial charge in [0.05, 0.1) is 0 Å². The van der Waals surface area contributed by atoms with Crippen LogP contribution < -0.4 is 0 Å². The molecule has 1 nitrogen and oxygen atoms in total. The number of benzene rings is 1. The van der Waals surface area contributed by atoms with Crippen LogP contribution in [-0.2, 0) is 5.88 Å². The highest BCUT2D eigenvalue weighted by Gasteiger charge is 1.94. The van der Waals surface area contributed by atoms with Gasteiger partial charge in [-0.25, -0.2) is 0 Å². The van der Waals surface area contributed by atoms with Gasteiger partial charge in [0, 0.05) is 11.4 Å². The average Bonchev–Trinajstić information content (AvgIpc) is 2.15. The number of alkyl halides is 1. The summed E-state index contributed by atoms with van der Waals surface area (Å²) >= 11 is 5.68. The topological polar surface area (TPSA) is 20.2 Å². The van der Waals surface area contributed by atoms with E-state index in [1.165, 1.54) is 0 Å². The van der Waals surface area contributed by atoms with Gasteiger partial charge in [-0.15, -0.1) is 11.6 Å². The Kier molecular flexibility index (Phi) is 3.66. The van der Waals surface area contributed by atoms with Gasteiger partial charge in [0.1, 0.15) is 6.61 Å². The summed E-state index contributed by atoms with van der Waals surface area (Å²) < 4.78 is 0. The van der Waals surface area contributed by atoms with Gasteiger partial charge >= 0.3 is 0 Å². The van der Waals surface area contributed by atoms with E-state index in [1.807, 2.05) is 24.3 Å². The second-order valence-corrected chi connectivity index (χ2v) is 2.52. The van der Waals surface area contributed by atoms with Gasteiger partial charge < -0.3 is 5.11 Å². The van der Waals surface area contributed by atoms with E-state index < -0.39 is 0 Å². The van der Waals surface area contributed by atoms with E-state index in [9.17, 15) is 0 Å². The predicted molar refractivity (Wildman–Crippen MR) is 50.0 cm³/mol. The molecule has 1 aromatic rings. The highest BCUT2D eigenvalue weighted by Crippen LogP contribution is 2.09. The first-order valence-electron chi connectivity index (χ1n) is 3.62. The molecule has 0 aliphatic rings. The monoisotopic (exact) mass is 180 g/mol. The van der Waals surface area contributed by atoms with E-state index >= 15 is 0 Å². The van der Waals surface area contributed by atoms with Crippen molar-refractivity contribution in [3.63, 3.8) is 0 Å². The molecule has 0 unspecified atom stereocenters. The van der Waals surface area contributed by atoms with Crippen LogP contribution in [0.15, 0.2) is 24.3 Å². The van der Waals surface area contributed by atoms with Crippen molar-refractivity contribution in [1.29, 1.82) is 0 Å². The van der Waals surface area contributed by atoms with E-state index in [1.54, 1.807) is 0 Å². The minimum Gasteiger partial charge on any atom is -0.384 e. The number of halogens is 1. The molecule has 0 spiro atoms. The van der Waals surface area contributed by atoms with Crippen molar-refractivity contribution in [2.24, 2.45) is 0 Å². The maximum atomic E-state index is 8.48. The molecule has 0 aromatic heterocycles. The standard InChI is InChI=1S/C10H9ClO/c11-8-10-5-2-1-4-9(10)6-3-7-12/h1-2,4-5,12H,7-8H2. The molecule has 1 N–H and O–H groups in total. The van der Waals surface area contributed by atoms with Gasteiger partial charge in [-0.1, -0.05) is 30.0 Å². The molecule has 0 atom stereocenters. The maximum Gasteiger partial charge on any atom is 0.104 e. The van der Waals surface area contributed by atoms with Crippen molar-refractivity contribution < 1.29 is 5.11 Å². The third-order valence-electron chi connectivity index (χ3n) is 1.46. The van der Waals surface area contributed by atoms with Crippen LogP contribution >= 0.6 is 11.6 Å². The zero-order chi connectivity index (χ0) is 8.81. The molecule has 0 saturated carbocycles. The fourth-order valence-electron chi connectivity index (χ4n) is 0.894. The van der Waals surface area contributed by atoms with Gasteiger partial charge in [0.15, 0.2) is 0 Å². The number of aliphatic hydroxyl groups is 1. The molecule has 12 heavy (non-hydrogen) atoms. The number of hydrogen-bond donors (Lipinski definition) is 1. The van der Waals surface area contributed by atoms with Crippen LogP contribution in [0.25, 0.3) is 0 Å². The van der Waals surface area contributed by atoms with Crippen molar-refractivity contribution >= 4 is 11.6 Å². The Bertz CT molecular complexity index is 309. The van der Waals surface area contributed by atoms with Crippen LogP contribution in [0.4, 0.5) is 0 Å². The molecule has 0 amide bonds. The predicted octanol–water partition coefficient (Wildman–Crippen LogP) is 1.77. The van der Waals surface area contributed by atoms with Gasteiger partial charge in [-0.05, 0) is 11.6 Å². The summed E-state index contributed by atoms with van der Waals surface area (Å²) in [6.45, 7) is -0.114. The van der Waals surface area contributed by atoms with E-state index in [4.69, 9.17) is 16.7 Å². The van der Waals surface area contributed by atoms with Gasteiger partial charge in [0.25, 0.3) is 0 Å². The van der Waals surface area contributed by atoms with Crippen LogP contribution in [0.3, 0.4) is 0 Å². The second kappa shape index (κ2) is 4.82. The lowest BCUT2D eigenvalue weighted by atomic mass is 10.1. The Morgan fingerprint density at radius 3 is 2.75 bits per heavy atom. The molecule has 0 radical (unpaired) electrons. The summed E-state index contributed by atoms with van der Waals surface area (Å²) in [6.07, 6.45) is 0. The summed E-state index contributed by atoms with van der Waals surface area (Å²) in [5.41, 5.74) is 1.89. The first kappa shape index (κ1) is 9.12. The first-order valence-corrected chi connectivity index (χ1v) is 4.15. The van der Waals surface area contributed by atoms with Gasteiger partial charge in [-0.2, -0.15) is 0 Å². The lowest BCUT2D eigenvalue weighted by Crippen LogP contribution is -1.84. The highest BCUT2D eigenvalue weighted by atomic mass is 35.5. The molecular formula is C10H9ClO. The normalized spacial score (nSPS) is 8.83. The average molecular weight is 181 g/mol. The van der Waals surface area contributed by atoms with Crippen molar-refractivity contribution in [1.82, 2.24) is 0 Å². The lowest BCUT2D eigenvalue weighted by Gasteiger charge is -1.97. The molecule has 0 saturated heterocycles. The van der Waals surface area contributed by atoms with Crippen molar-refractivity contribution in [2.45, 2.75) is 5.88 Å². The van der Waals surface area contributed by atoms with Crippen LogP contribution in [0.2, 0.25) is 0 Å². The number of hydrogen-bond acceptors (Lipinski definition) is 1. The van der Waals surface area contributed by atoms with E-state index in [0.29, 0.717) is 5.88 Å². The molecular weight excluding hydrogens is 172 g/mol. The van der Waals surface area contributed by atoms with Crippen LogP contribution in [0.1, 0.15) is 11.1 Å². The quantitative estimate of drug-likeness (QED) is 0.516. The van der Waals surface area contributed by atoms with Crippen molar-refractivity contribution in [3.05, 3.63) is 35.4 Å². The lowest BCUT2D eigenvalue weighted by molar-refractivity contribution is 0.350. The Hall–Kier alpha value is -0.970. The molecule has 0 heterocycles. The molecule has 0 aliphatic heterocycles. The van der Waals surface area contributed by atoms with Crippen LogP contribution in [0, 0.1) is 11.8 Å². The summed E-state index contributed by atoms with van der Waals surface area (Å²) in [4.78, 5) is 0. The Morgan fingerprint density at radius 2 is 2.08 bits per heavy atom.